The SMILES string of the molecule is O=C(Cn1c2c(sc1=O)[C@H](c1ccc(Br)cc1)C1C(=O)N(c3ccc(Br)cc3)C(=O)C1S2)Nc1ccc(Cl)cc1. The molecule has 3 amide bonds. The van der Waals surface area contributed by atoms with E-state index in [0.29, 0.717) is 26.3 Å². The largest absolute Gasteiger partial charge is 0.325 e. The van der Waals surface area contributed by atoms with E-state index < -0.39 is 23.0 Å². The van der Waals surface area contributed by atoms with Crippen LogP contribution in [0.4, 0.5) is 11.4 Å². The molecular formula is C28H18Br2ClN3O4S2. The van der Waals surface area contributed by atoms with Crippen LogP contribution in [0.25, 0.3) is 0 Å². The maximum atomic E-state index is 13.9. The zero-order chi connectivity index (χ0) is 28.1. The van der Waals surface area contributed by atoms with Crippen molar-refractivity contribution in [1.82, 2.24) is 4.57 Å². The summed E-state index contributed by atoms with van der Waals surface area (Å²) >= 11 is 15.0. The number of aromatic nitrogens is 1. The molecule has 3 atom stereocenters. The number of thiazole rings is 1. The van der Waals surface area contributed by atoms with Crippen LogP contribution >= 0.6 is 66.6 Å². The van der Waals surface area contributed by atoms with Crippen molar-refractivity contribution < 1.29 is 14.4 Å². The molecule has 2 aliphatic rings. The quantitative estimate of drug-likeness (QED) is 0.238. The number of carbonyl (C=O) groups excluding carboxylic acids is 3. The van der Waals surface area contributed by atoms with Gasteiger partial charge in [-0.2, -0.15) is 0 Å². The summed E-state index contributed by atoms with van der Waals surface area (Å²) in [5.74, 6) is -2.27. The first kappa shape index (κ1) is 27.5. The molecule has 2 unspecified atom stereocenters. The first-order chi connectivity index (χ1) is 19.2. The second-order valence-corrected chi connectivity index (χ2v) is 13.7. The molecule has 7 nitrogen and oxygen atoms in total. The van der Waals surface area contributed by atoms with E-state index in [1.807, 2.05) is 24.3 Å². The van der Waals surface area contributed by atoms with Crippen molar-refractivity contribution in [2.75, 3.05) is 10.2 Å². The van der Waals surface area contributed by atoms with Crippen molar-refractivity contribution in [2.24, 2.45) is 5.92 Å². The van der Waals surface area contributed by atoms with Crippen molar-refractivity contribution >= 4 is 95.7 Å². The van der Waals surface area contributed by atoms with E-state index in [-0.39, 0.29) is 23.2 Å². The summed E-state index contributed by atoms with van der Waals surface area (Å²) in [7, 11) is 0. The van der Waals surface area contributed by atoms with Gasteiger partial charge in [-0.05, 0) is 66.2 Å². The molecule has 1 aromatic heterocycles. The number of carbonyl (C=O) groups is 3. The van der Waals surface area contributed by atoms with E-state index in [9.17, 15) is 19.2 Å². The zero-order valence-electron chi connectivity index (χ0n) is 20.3. The molecule has 3 heterocycles. The summed E-state index contributed by atoms with van der Waals surface area (Å²) in [6, 6.07) is 21.2. The molecule has 0 saturated carbocycles. The molecule has 0 spiro atoms. The van der Waals surface area contributed by atoms with E-state index in [4.69, 9.17) is 11.6 Å². The third-order valence-corrected chi connectivity index (χ3v) is 10.7. The Bertz CT molecular complexity index is 1710. The van der Waals surface area contributed by atoms with Crippen LogP contribution in [-0.4, -0.2) is 27.5 Å². The summed E-state index contributed by atoms with van der Waals surface area (Å²) in [5.41, 5.74) is 1.86. The van der Waals surface area contributed by atoms with Crippen LogP contribution in [0, 0.1) is 5.92 Å². The van der Waals surface area contributed by atoms with Gasteiger partial charge in [0.15, 0.2) is 0 Å². The lowest BCUT2D eigenvalue weighted by Gasteiger charge is -2.30. The van der Waals surface area contributed by atoms with Gasteiger partial charge in [0.25, 0.3) is 0 Å². The second kappa shape index (κ2) is 10.9. The van der Waals surface area contributed by atoms with Gasteiger partial charge in [-0.15, -0.1) is 0 Å². The molecule has 12 heteroatoms. The third kappa shape index (κ3) is 4.98. The predicted octanol–water partition coefficient (Wildman–Crippen LogP) is 6.52. The van der Waals surface area contributed by atoms with Crippen LogP contribution in [-0.2, 0) is 20.9 Å². The van der Waals surface area contributed by atoms with Crippen LogP contribution < -0.4 is 15.1 Å². The average Bonchev–Trinajstić information content (AvgIpc) is 3.37. The number of benzene rings is 3. The number of nitrogens with zero attached hydrogens (tertiary/aromatic N) is 2. The minimum atomic E-state index is -0.753. The first-order valence-corrected chi connectivity index (χ1v) is 15.7. The molecule has 6 rings (SSSR count). The number of halogens is 3. The van der Waals surface area contributed by atoms with Crippen molar-refractivity contribution in [2.45, 2.75) is 22.7 Å². The lowest BCUT2D eigenvalue weighted by Crippen LogP contribution is -2.33. The summed E-state index contributed by atoms with van der Waals surface area (Å²) < 4.78 is 3.10. The summed E-state index contributed by atoms with van der Waals surface area (Å²) in [6.45, 7) is -0.233. The fourth-order valence-corrected chi connectivity index (χ4v) is 8.43. The van der Waals surface area contributed by atoms with Crippen LogP contribution in [0.1, 0.15) is 16.4 Å². The maximum Gasteiger partial charge on any atom is 0.308 e. The van der Waals surface area contributed by atoms with Crippen LogP contribution in [0.2, 0.25) is 5.02 Å². The minimum absolute atomic E-state index is 0.233. The first-order valence-electron chi connectivity index (χ1n) is 12.1. The molecule has 202 valence electrons. The van der Waals surface area contributed by atoms with Gasteiger partial charge in [-0.25, -0.2) is 4.90 Å². The highest BCUT2D eigenvalue weighted by Gasteiger charge is 2.56. The molecule has 2 aliphatic heterocycles. The van der Waals surface area contributed by atoms with E-state index in [0.717, 1.165) is 25.8 Å². The molecule has 1 fully saturated rings. The van der Waals surface area contributed by atoms with Gasteiger partial charge in [0.2, 0.25) is 17.7 Å². The zero-order valence-corrected chi connectivity index (χ0v) is 25.9. The number of fused-ring (bicyclic) bond motifs is 2. The number of rotatable bonds is 5. The highest BCUT2D eigenvalue weighted by molar-refractivity contribution is 9.10. The van der Waals surface area contributed by atoms with E-state index in [1.165, 1.54) is 21.2 Å². The van der Waals surface area contributed by atoms with Gasteiger partial charge in [-0.1, -0.05) is 78.7 Å². The van der Waals surface area contributed by atoms with E-state index >= 15 is 0 Å². The Morgan fingerprint density at radius 2 is 1.50 bits per heavy atom. The molecule has 40 heavy (non-hydrogen) atoms. The molecule has 4 aromatic rings. The Hall–Kier alpha value is -2.70. The summed E-state index contributed by atoms with van der Waals surface area (Å²) in [5, 5.41) is 3.11. The maximum absolute atomic E-state index is 13.9. The highest BCUT2D eigenvalue weighted by atomic mass is 79.9. The average molecular weight is 720 g/mol. The lowest BCUT2D eigenvalue weighted by molar-refractivity contribution is -0.122. The third-order valence-electron chi connectivity index (χ3n) is 6.79. The van der Waals surface area contributed by atoms with Gasteiger partial charge in [0.05, 0.1) is 16.6 Å². The van der Waals surface area contributed by atoms with E-state index in [2.05, 4.69) is 37.2 Å². The number of amides is 3. The minimum Gasteiger partial charge on any atom is -0.325 e. The molecular weight excluding hydrogens is 702 g/mol. The van der Waals surface area contributed by atoms with Crippen molar-refractivity contribution in [3.8, 4) is 0 Å². The fraction of sp³-hybridized carbons (Fsp3) is 0.143. The Balaban J connectivity index is 1.40. The Morgan fingerprint density at radius 3 is 2.15 bits per heavy atom. The standard InChI is InChI=1S/C28H18Br2ClN3O4S2/c29-15-3-1-14(2-4-15)21-22-23(26(37)34(25(22)36)19-11-5-16(30)6-12-19)39-27-24(21)40-28(38)33(27)13-20(35)32-18-9-7-17(31)8-10-18/h1-12,21-23H,13H2,(H,32,35)/t21-,22?,23?/m1/s1. The molecule has 0 aliphatic carbocycles. The monoisotopic (exact) mass is 717 g/mol. The predicted molar refractivity (Wildman–Crippen MR) is 164 cm³/mol. The van der Waals surface area contributed by atoms with Gasteiger partial charge in [-0.3, -0.25) is 23.7 Å². The van der Waals surface area contributed by atoms with Gasteiger partial charge in [0, 0.05) is 30.5 Å². The molecule has 1 saturated heterocycles. The number of anilines is 2. The summed E-state index contributed by atoms with van der Waals surface area (Å²) in [4.78, 5) is 55.5. The van der Waals surface area contributed by atoms with Crippen molar-refractivity contribution in [1.29, 1.82) is 0 Å². The highest BCUT2D eigenvalue weighted by Crippen LogP contribution is 2.54. The topological polar surface area (TPSA) is 88.5 Å². The van der Waals surface area contributed by atoms with E-state index in [1.54, 1.807) is 48.5 Å². The van der Waals surface area contributed by atoms with Crippen LogP contribution in [0.5, 0.6) is 0 Å². The molecule has 0 bridgehead atoms. The number of imide groups is 1. The number of hydrogen-bond donors (Lipinski definition) is 1. The number of hydrogen-bond acceptors (Lipinski definition) is 6. The van der Waals surface area contributed by atoms with Crippen LogP contribution in [0.15, 0.2) is 91.6 Å². The fourth-order valence-electron chi connectivity index (χ4n) is 5.01. The number of nitrogens with one attached hydrogen (secondary N) is 1. The van der Waals surface area contributed by atoms with Crippen molar-refractivity contribution in [3.05, 3.63) is 107 Å². The Morgan fingerprint density at radius 1 is 0.875 bits per heavy atom. The van der Waals surface area contributed by atoms with Gasteiger partial charge < -0.3 is 5.32 Å². The van der Waals surface area contributed by atoms with Gasteiger partial charge in [0.1, 0.15) is 11.8 Å². The number of thioether (sulfide) groups is 1. The Kier molecular flexibility index (Phi) is 7.51. The molecule has 0 radical (unpaired) electrons. The van der Waals surface area contributed by atoms with Crippen LogP contribution in [0.3, 0.4) is 0 Å². The smallest absolute Gasteiger partial charge is 0.308 e. The lowest BCUT2D eigenvalue weighted by atomic mass is 9.83. The normalized spacial score (nSPS) is 19.9. The van der Waals surface area contributed by atoms with Gasteiger partial charge >= 0.3 is 4.87 Å². The second-order valence-electron chi connectivity index (χ2n) is 9.26. The molecule has 1 N–H and O–H groups in total. The Labute approximate surface area is 258 Å². The summed E-state index contributed by atoms with van der Waals surface area (Å²) in [6.07, 6.45) is 0. The van der Waals surface area contributed by atoms with Crippen molar-refractivity contribution in [3.63, 3.8) is 0 Å². The molecule has 3 aromatic carbocycles.